The van der Waals surface area contributed by atoms with Gasteiger partial charge in [0.1, 0.15) is 5.82 Å². The molecule has 1 aliphatic rings. The van der Waals surface area contributed by atoms with Crippen molar-refractivity contribution in [2.75, 3.05) is 31.2 Å². The van der Waals surface area contributed by atoms with Crippen LogP contribution >= 0.6 is 0 Å². The first-order chi connectivity index (χ1) is 9.25. The molecular weight excluding hydrogens is 242 g/mol. The summed E-state index contributed by atoms with van der Waals surface area (Å²) in [5.41, 5.74) is 6.78. The zero-order valence-corrected chi connectivity index (χ0v) is 10.5. The minimum Gasteiger partial charge on any atom is -0.378 e. The van der Waals surface area contributed by atoms with Crippen molar-refractivity contribution in [2.45, 2.75) is 0 Å². The van der Waals surface area contributed by atoms with Crippen molar-refractivity contribution < 1.29 is 9.53 Å². The molecule has 0 atom stereocenters. The summed E-state index contributed by atoms with van der Waals surface area (Å²) in [5, 5.41) is 0.798. The predicted molar refractivity (Wildman–Crippen MR) is 73.3 cm³/mol. The van der Waals surface area contributed by atoms with Gasteiger partial charge in [-0.1, -0.05) is 18.2 Å². The summed E-state index contributed by atoms with van der Waals surface area (Å²) in [7, 11) is 0. The molecule has 1 aromatic carbocycles. The van der Waals surface area contributed by atoms with Gasteiger partial charge in [0, 0.05) is 18.5 Å². The second-order valence-corrected chi connectivity index (χ2v) is 4.51. The largest absolute Gasteiger partial charge is 0.378 e. The predicted octanol–water partition coefficient (Wildman–Crippen LogP) is 1.17. The summed E-state index contributed by atoms with van der Waals surface area (Å²) in [4.78, 5) is 18.3. The number of primary amides is 1. The van der Waals surface area contributed by atoms with Crippen LogP contribution in [0, 0.1) is 0 Å². The van der Waals surface area contributed by atoms with Crippen LogP contribution < -0.4 is 10.6 Å². The Labute approximate surface area is 111 Å². The van der Waals surface area contributed by atoms with Gasteiger partial charge in [-0.15, -0.1) is 0 Å². The molecule has 5 nitrogen and oxygen atoms in total. The number of para-hydroxylation sites is 1. The van der Waals surface area contributed by atoms with Crippen molar-refractivity contribution in [3.63, 3.8) is 0 Å². The maximum absolute atomic E-state index is 11.6. The third kappa shape index (κ3) is 2.24. The van der Waals surface area contributed by atoms with Gasteiger partial charge in [0.2, 0.25) is 5.91 Å². The molecule has 2 aromatic rings. The average molecular weight is 257 g/mol. The number of ether oxygens (including phenoxy) is 1. The molecular formula is C14H15N3O2. The number of nitrogens with zero attached hydrogens (tertiary/aromatic N) is 2. The average Bonchev–Trinajstić information content (AvgIpc) is 2.47. The van der Waals surface area contributed by atoms with E-state index in [4.69, 9.17) is 10.5 Å². The highest BCUT2D eigenvalue weighted by Gasteiger charge is 2.16. The Morgan fingerprint density at radius 3 is 2.74 bits per heavy atom. The number of anilines is 1. The van der Waals surface area contributed by atoms with Crippen molar-refractivity contribution in [3.8, 4) is 0 Å². The van der Waals surface area contributed by atoms with Crippen LogP contribution in [0.15, 0.2) is 30.3 Å². The molecule has 1 saturated heterocycles. The Balaban J connectivity index is 2.12. The lowest BCUT2D eigenvalue weighted by molar-refractivity contribution is 0.100. The number of fused-ring (bicyclic) bond motifs is 1. The van der Waals surface area contributed by atoms with Gasteiger partial charge in [-0.2, -0.15) is 0 Å². The number of carbonyl (C=O) groups excluding carboxylic acids is 1. The van der Waals surface area contributed by atoms with Crippen LogP contribution in [0.1, 0.15) is 10.4 Å². The highest BCUT2D eigenvalue weighted by molar-refractivity contribution is 6.06. The third-order valence-electron chi connectivity index (χ3n) is 3.30. The highest BCUT2D eigenvalue weighted by atomic mass is 16.5. The summed E-state index contributed by atoms with van der Waals surface area (Å²) in [6, 6.07) is 9.32. The molecule has 0 radical (unpaired) electrons. The molecule has 2 N–H and O–H groups in total. The van der Waals surface area contributed by atoms with Crippen molar-refractivity contribution >= 4 is 22.6 Å². The Morgan fingerprint density at radius 1 is 1.26 bits per heavy atom. The maximum Gasteiger partial charge on any atom is 0.249 e. The third-order valence-corrected chi connectivity index (χ3v) is 3.30. The summed E-state index contributed by atoms with van der Waals surface area (Å²) in [6.07, 6.45) is 0. The van der Waals surface area contributed by atoms with Crippen molar-refractivity contribution in [2.24, 2.45) is 5.73 Å². The number of rotatable bonds is 2. The second-order valence-electron chi connectivity index (χ2n) is 4.51. The van der Waals surface area contributed by atoms with Gasteiger partial charge in [-0.25, -0.2) is 4.98 Å². The van der Waals surface area contributed by atoms with E-state index in [0.29, 0.717) is 18.8 Å². The Hall–Kier alpha value is -2.14. The molecule has 1 aromatic heterocycles. The van der Waals surface area contributed by atoms with Gasteiger partial charge < -0.3 is 15.4 Å². The summed E-state index contributed by atoms with van der Waals surface area (Å²) in [6.45, 7) is 2.92. The number of amides is 1. The van der Waals surface area contributed by atoms with Gasteiger partial charge in [-0.05, 0) is 12.1 Å². The van der Waals surface area contributed by atoms with E-state index in [1.165, 1.54) is 0 Å². The van der Waals surface area contributed by atoms with Gasteiger partial charge in [0.15, 0.2) is 0 Å². The number of benzene rings is 1. The zero-order chi connectivity index (χ0) is 13.2. The standard InChI is InChI=1S/C14H15N3O2/c15-14(18)11-9-13(17-5-7-19-8-6-17)16-12-4-2-1-3-10(11)12/h1-4,9H,5-8H2,(H2,15,18). The number of hydrogen-bond donors (Lipinski definition) is 1. The lowest BCUT2D eigenvalue weighted by Gasteiger charge is -2.28. The summed E-state index contributed by atoms with van der Waals surface area (Å²) in [5.74, 6) is 0.365. The fourth-order valence-electron chi connectivity index (χ4n) is 2.32. The molecule has 19 heavy (non-hydrogen) atoms. The molecule has 98 valence electrons. The second kappa shape index (κ2) is 4.85. The number of morpholine rings is 1. The van der Waals surface area contributed by atoms with Gasteiger partial charge in [-0.3, -0.25) is 4.79 Å². The van der Waals surface area contributed by atoms with E-state index in [1.54, 1.807) is 6.07 Å². The fourth-order valence-corrected chi connectivity index (χ4v) is 2.32. The van der Waals surface area contributed by atoms with Crippen LogP contribution in [0.2, 0.25) is 0 Å². The number of nitrogens with two attached hydrogens (primary N) is 1. The van der Waals surface area contributed by atoms with E-state index in [2.05, 4.69) is 9.88 Å². The summed E-state index contributed by atoms with van der Waals surface area (Å²) < 4.78 is 5.33. The van der Waals surface area contributed by atoms with E-state index in [-0.39, 0.29) is 0 Å². The fraction of sp³-hybridized carbons (Fsp3) is 0.286. The molecule has 2 heterocycles. The van der Waals surface area contributed by atoms with E-state index in [1.807, 2.05) is 24.3 Å². The van der Waals surface area contributed by atoms with Crippen LogP contribution in [-0.2, 0) is 4.74 Å². The molecule has 0 bridgehead atoms. The Morgan fingerprint density at radius 2 is 2.00 bits per heavy atom. The molecule has 3 rings (SSSR count). The highest BCUT2D eigenvalue weighted by Crippen LogP contribution is 2.23. The molecule has 1 aliphatic heterocycles. The van der Waals surface area contributed by atoms with Crippen molar-refractivity contribution in [1.82, 2.24) is 4.98 Å². The first-order valence-electron chi connectivity index (χ1n) is 6.28. The van der Waals surface area contributed by atoms with Crippen molar-refractivity contribution in [1.29, 1.82) is 0 Å². The molecule has 0 aliphatic carbocycles. The molecule has 0 saturated carbocycles. The molecule has 0 unspecified atom stereocenters. The SMILES string of the molecule is NC(=O)c1cc(N2CCOCC2)nc2ccccc12. The van der Waals surface area contributed by atoms with E-state index in [0.717, 1.165) is 29.8 Å². The number of pyridine rings is 1. The van der Waals surface area contributed by atoms with Crippen LogP contribution in [0.3, 0.4) is 0 Å². The normalized spacial score (nSPS) is 15.7. The van der Waals surface area contributed by atoms with E-state index < -0.39 is 5.91 Å². The molecule has 0 spiro atoms. The van der Waals surface area contributed by atoms with E-state index in [9.17, 15) is 4.79 Å². The van der Waals surface area contributed by atoms with Crippen molar-refractivity contribution in [3.05, 3.63) is 35.9 Å². The van der Waals surface area contributed by atoms with Gasteiger partial charge in [0.05, 0.1) is 24.3 Å². The smallest absolute Gasteiger partial charge is 0.249 e. The zero-order valence-electron chi connectivity index (χ0n) is 10.5. The number of aromatic nitrogens is 1. The minimum absolute atomic E-state index is 0.423. The minimum atomic E-state index is -0.423. The van der Waals surface area contributed by atoms with Crippen LogP contribution in [-0.4, -0.2) is 37.2 Å². The Kier molecular flexibility index (Phi) is 3.05. The quantitative estimate of drug-likeness (QED) is 0.877. The van der Waals surface area contributed by atoms with Gasteiger partial charge >= 0.3 is 0 Å². The number of hydrogen-bond acceptors (Lipinski definition) is 4. The number of carbonyl (C=O) groups is 1. The van der Waals surface area contributed by atoms with Crippen LogP contribution in [0.4, 0.5) is 5.82 Å². The molecule has 1 fully saturated rings. The van der Waals surface area contributed by atoms with Crippen LogP contribution in [0.5, 0.6) is 0 Å². The van der Waals surface area contributed by atoms with Gasteiger partial charge in [0.25, 0.3) is 0 Å². The molecule has 1 amide bonds. The summed E-state index contributed by atoms with van der Waals surface area (Å²) >= 11 is 0. The monoisotopic (exact) mass is 257 g/mol. The first kappa shape index (κ1) is 11.9. The van der Waals surface area contributed by atoms with E-state index >= 15 is 0 Å². The Bertz CT molecular complexity index is 621. The lowest BCUT2D eigenvalue weighted by Crippen LogP contribution is -2.37. The van der Waals surface area contributed by atoms with Crippen LogP contribution in [0.25, 0.3) is 10.9 Å². The molecule has 5 heteroatoms. The first-order valence-corrected chi connectivity index (χ1v) is 6.28. The lowest BCUT2D eigenvalue weighted by atomic mass is 10.1. The maximum atomic E-state index is 11.6. The topological polar surface area (TPSA) is 68.5 Å².